The van der Waals surface area contributed by atoms with Gasteiger partial charge in [0, 0.05) is 5.92 Å². The van der Waals surface area contributed by atoms with E-state index in [4.69, 9.17) is 6.42 Å². The fourth-order valence-electron chi connectivity index (χ4n) is 2.45. The Morgan fingerprint density at radius 1 is 1.40 bits per heavy atom. The van der Waals surface area contributed by atoms with Gasteiger partial charge in [0.15, 0.2) is 0 Å². The van der Waals surface area contributed by atoms with E-state index in [2.05, 4.69) is 12.0 Å². The van der Waals surface area contributed by atoms with E-state index >= 15 is 0 Å². The fourth-order valence-corrected chi connectivity index (χ4v) is 2.45. The highest BCUT2D eigenvalue weighted by Gasteiger charge is 2.36. The normalized spacial score (nSPS) is 22.5. The lowest BCUT2D eigenvalue weighted by atomic mass is 9.74. The van der Waals surface area contributed by atoms with Crippen LogP contribution in [0.4, 0.5) is 0 Å². The van der Waals surface area contributed by atoms with Crippen molar-refractivity contribution in [2.45, 2.75) is 57.5 Å². The van der Waals surface area contributed by atoms with Gasteiger partial charge >= 0.3 is 0 Å². The summed E-state index contributed by atoms with van der Waals surface area (Å²) in [6.45, 7) is 2.01. The lowest BCUT2D eigenvalue weighted by Crippen LogP contribution is -2.39. The van der Waals surface area contributed by atoms with Crippen molar-refractivity contribution in [1.82, 2.24) is 0 Å². The predicted molar refractivity (Wildman–Crippen MR) is 64.4 cm³/mol. The molecule has 0 bridgehead atoms. The number of aliphatic hydroxyl groups is 1. The molecule has 0 heterocycles. The molecule has 0 aromatic heterocycles. The van der Waals surface area contributed by atoms with Gasteiger partial charge in [-0.25, -0.2) is 0 Å². The number of allylic oxidation sites excluding steroid dienone is 2. The summed E-state index contributed by atoms with van der Waals surface area (Å²) in [6, 6.07) is 0. The zero-order valence-corrected chi connectivity index (χ0v) is 9.71. The van der Waals surface area contributed by atoms with E-state index < -0.39 is 5.60 Å². The van der Waals surface area contributed by atoms with Crippen LogP contribution in [0.5, 0.6) is 0 Å². The number of rotatable bonds is 4. The van der Waals surface area contributed by atoms with Crippen molar-refractivity contribution in [3.8, 4) is 12.3 Å². The Morgan fingerprint density at radius 3 is 2.60 bits per heavy atom. The van der Waals surface area contributed by atoms with E-state index in [1.807, 2.05) is 13.0 Å². The first-order valence-electron chi connectivity index (χ1n) is 6.02. The molecule has 1 N–H and O–H groups in total. The molecule has 1 rings (SSSR count). The number of terminal acetylenes is 1. The van der Waals surface area contributed by atoms with Gasteiger partial charge in [-0.2, -0.15) is 0 Å². The summed E-state index contributed by atoms with van der Waals surface area (Å²) in [5.41, 5.74) is -0.575. The smallest absolute Gasteiger partial charge is 0.0784 e. The molecule has 0 aromatic carbocycles. The molecule has 1 nitrogen and oxygen atoms in total. The molecule has 1 aliphatic rings. The van der Waals surface area contributed by atoms with Crippen LogP contribution in [0.25, 0.3) is 0 Å². The number of hydrogen-bond donors (Lipinski definition) is 1. The van der Waals surface area contributed by atoms with Gasteiger partial charge in [0.2, 0.25) is 0 Å². The first kappa shape index (κ1) is 12.3. The van der Waals surface area contributed by atoms with E-state index in [1.165, 1.54) is 6.42 Å². The van der Waals surface area contributed by atoms with Crippen LogP contribution in [0.3, 0.4) is 0 Å². The Morgan fingerprint density at radius 2 is 2.07 bits per heavy atom. The zero-order chi connectivity index (χ0) is 11.1. The second-order valence-electron chi connectivity index (χ2n) is 4.53. The average molecular weight is 206 g/mol. The maximum Gasteiger partial charge on any atom is 0.0784 e. The van der Waals surface area contributed by atoms with Gasteiger partial charge in [0.25, 0.3) is 0 Å². The van der Waals surface area contributed by atoms with E-state index in [9.17, 15) is 5.11 Å². The monoisotopic (exact) mass is 206 g/mol. The standard InChI is InChI=1S/C14H22O/c1-3-5-7-10-13(4-2)14(15)11-8-6-9-12-14/h2-3,5,13,15H,6-12H2,1H3. The van der Waals surface area contributed by atoms with Gasteiger partial charge in [-0.3, -0.25) is 0 Å². The predicted octanol–water partition coefficient (Wildman–Crippen LogP) is 3.29. The summed E-state index contributed by atoms with van der Waals surface area (Å²) in [6.07, 6.45) is 16.9. The molecule has 1 saturated carbocycles. The second-order valence-corrected chi connectivity index (χ2v) is 4.53. The molecular weight excluding hydrogens is 184 g/mol. The Balaban J connectivity index is 2.52. The molecular formula is C14H22O. The van der Waals surface area contributed by atoms with Gasteiger partial charge in [-0.15, -0.1) is 12.3 Å². The Hall–Kier alpha value is -0.740. The van der Waals surface area contributed by atoms with Crippen molar-refractivity contribution < 1.29 is 5.11 Å². The summed E-state index contributed by atoms with van der Waals surface area (Å²) in [5.74, 6) is 2.82. The van der Waals surface area contributed by atoms with Crippen LogP contribution in [-0.4, -0.2) is 10.7 Å². The third-order valence-corrected chi connectivity index (χ3v) is 3.43. The fraction of sp³-hybridized carbons (Fsp3) is 0.714. The lowest BCUT2D eigenvalue weighted by molar-refractivity contribution is -0.0319. The molecule has 0 spiro atoms. The van der Waals surface area contributed by atoms with E-state index in [-0.39, 0.29) is 5.92 Å². The quantitative estimate of drug-likeness (QED) is 0.553. The third-order valence-electron chi connectivity index (χ3n) is 3.43. The van der Waals surface area contributed by atoms with Crippen molar-refractivity contribution in [3.63, 3.8) is 0 Å². The minimum Gasteiger partial charge on any atom is -0.389 e. The van der Waals surface area contributed by atoms with Crippen molar-refractivity contribution in [3.05, 3.63) is 12.2 Å². The van der Waals surface area contributed by atoms with Gasteiger partial charge in [0.1, 0.15) is 0 Å². The maximum atomic E-state index is 10.5. The third kappa shape index (κ3) is 3.39. The molecule has 0 aromatic rings. The van der Waals surface area contributed by atoms with Crippen LogP contribution in [0.15, 0.2) is 12.2 Å². The molecule has 1 unspecified atom stereocenters. The highest BCUT2D eigenvalue weighted by molar-refractivity contribution is 5.05. The van der Waals surface area contributed by atoms with Crippen LogP contribution in [0.1, 0.15) is 51.9 Å². The molecule has 84 valence electrons. The van der Waals surface area contributed by atoms with Gasteiger partial charge in [-0.1, -0.05) is 31.4 Å². The minimum absolute atomic E-state index is 0.0361. The van der Waals surface area contributed by atoms with Gasteiger partial charge < -0.3 is 5.11 Å². The molecule has 0 radical (unpaired) electrons. The summed E-state index contributed by atoms with van der Waals surface area (Å²) in [5, 5.41) is 10.5. The Kier molecular flexibility index (Phi) is 4.91. The highest BCUT2D eigenvalue weighted by atomic mass is 16.3. The van der Waals surface area contributed by atoms with Gasteiger partial charge in [0.05, 0.1) is 5.60 Å². The molecule has 1 aliphatic carbocycles. The van der Waals surface area contributed by atoms with Crippen molar-refractivity contribution in [2.75, 3.05) is 0 Å². The van der Waals surface area contributed by atoms with E-state index in [0.29, 0.717) is 0 Å². The van der Waals surface area contributed by atoms with E-state index in [0.717, 1.165) is 38.5 Å². The first-order chi connectivity index (χ1) is 7.23. The summed E-state index contributed by atoms with van der Waals surface area (Å²) in [7, 11) is 0. The first-order valence-corrected chi connectivity index (χ1v) is 6.02. The number of hydrogen-bond acceptors (Lipinski definition) is 1. The summed E-state index contributed by atoms with van der Waals surface area (Å²) < 4.78 is 0. The lowest BCUT2D eigenvalue weighted by Gasteiger charge is -2.36. The molecule has 0 amide bonds. The zero-order valence-electron chi connectivity index (χ0n) is 9.71. The minimum atomic E-state index is -0.575. The van der Waals surface area contributed by atoms with Crippen LogP contribution < -0.4 is 0 Å². The van der Waals surface area contributed by atoms with Crippen molar-refractivity contribution in [2.24, 2.45) is 5.92 Å². The summed E-state index contributed by atoms with van der Waals surface area (Å²) in [4.78, 5) is 0. The molecule has 1 fully saturated rings. The van der Waals surface area contributed by atoms with Crippen LogP contribution in [0, 0.1) is 18.3 Å². The molecule has 1 atom stereocenters. The summed E-state index contributed by atoms with van der Waals surface area (Å²) >= 11 is 0. The topological polar surface area (TPSA) is 20.2 Å². The van der Waals surface area contributed by atoms with E-state index in [1.54, 1.807) is 0 Å². The maximum absolute atomic E-state index is 10.5. The largest absolute Gasteiger partial charge is 0.389 e. The SMILES string of the molecule is C#CC(CCC=CC)C1(O)CCCCC1. The Labute approximate surface area is 93.6 Å². The van der Waals surface area contributed by atoms with Crippen LogP contribution in [0.2, 0.25) is 0 Å². The Bertz CT molecular complexity index is 241. The second kappa shape index (κ2) is 5.98. The van der Waals surface area contributed by atoms with Gasteiger partial charge in [-0.05, 0) is 32.6 Å². The van der Waals surface area contributed by atoms with Crippen molar-refractivity contribution in [1.29, 1.82) is 0 Å². The molecule has 15 heavy (non-hydrogen) atoms. The highest BCUT2D eigenvalue weighted by Crippen LogP contribution is 2.36. The average Bonchev–Trinajstić information content (AvgIpc) is 2.25. The van der Waals surface area contributed by atoms with Crippen LogP contribution in [-0.2, 0) is 0 Å². The molecule has 0 aliphatic heterocycles. The molecule has 0 saturated heterocycles. The molecule has 1 heteroatoms. The van der Waals surface area contributed by atoms with Crippen molar-refractivity contribution >= 4 is 0 Å². The van der Waals surface area contributed by atoms with Crippen LogP contribution >= 0.6 is 0 Å².